The SMILES string of the molecule is Cc1c(N=C=O)cc(N=C=O)c(N=C=O)c1N=C=O. The molecule has 0 aliphatic heterocycles. The minimum atomic E-state index is -0.163. The van der Waals surface area contributed by atoms with Gasteiger partial charge in [-0.2, -0.15) is 20.0 Å². The molecule has 92 valence electrons. The van der Waals surface area contributed by atoms with E-state index < -0.39 is 0 Å². The predicted octanol–water partition coefficient (Wildman–Crippen LogP) is 1.86. The maximum atomic E-state index is 10.4. The highest BCUT2D eigenvalue weighted by Crippen LogP contribution is 2.44. The molecule has 0 spiro atoms. The zero-order valence-corrected chi connectivity index (χ0v) is 9.50. The van der Waals surface area contributed by atoms with Gasteiger partial charge < -0.3 is 0 Å². The van der Waals surface area contributed by atoms with Crippen molar-refractivity contribution in [2.45, 2.75) is 6.92 Å². The third-order valence-corrected chi connectivity index (χ3v) is 2.13. The largest absolute Gasteiger partial charge is 0.240 e. The minimum absolute atomic E-state index is 0.0721. The summed E-state index contributed by atoms with van der Waals surface area (Å²) in [6.45, 7) is 1.48. The molecule has 1 rings (SSSR count). The highest BCUT2D eigenvalue weighted by atomic mass is 16.1. The molecule has 0 amide bonds. The first-order valence-electron chi connectivity index (χ1n) is 4.68. The summed E-state index contributed by atoms with van der Waals surface area (Å²) in [6.07, 6.45) is 5.06. The summed E-state index contributed by atoms with van der Waals surface area (Å²) in [5.41, 5.74) is -0.0479. The Bertz CT molecular complexity index is 715. The van der Waals surface area contributed by atoms with Crippen molar-refractivity contribution < 1.29 is 19.2 Å². The molecule has 8 nitrogen and oxygen atoms in total. The maximum Gasteiger partial charge on any atom is 0.240 e. The quantitative estimate of drug-likeness (QED) is 0.603. The van der Waals surface area contributed by atoms with Crippen molar-refractivity contribution in [2.24, 2.45) is 20.0 Å². The van der Waals surface area contributed by atoms with Gasteiger partial charge in [0.2, 0.25) is 24.3 Å². The van der Waals surface area contributed by atoms with Gasteiger partial charge in [0.25, 0.3) is 0 Å². The molecule has 19 heavy (non-hydrogen) atoms. The van der Waals surface area contributed by atoms with Crippen LogP contribution in [-0.2, 0) is 19.2 Å². The van der Waals surface area contributed by atoms with E-state index in [4.69, 9.17) is 0 Å². The maximum absolute atomic E-state index is 10.4. The second kappa shape index (κ2) is 6.47. The molecule has 0 N–H and O–H groups in total. The highest BCUT2D eigenvalue weighted by molar-refractivity contribution is 5.87. The van der Waals surface area contributed by atoms with Crippen molar-refractivity contribution in [3.05, 3.63) is 11.6 Å². The van der Waals surface area contributed by atoms with Crippen LogP contribution in [0.25, 0.3) is 0 Å². The van der Waals surface area contributed by atoms with Crippen molar-refractivity contribution in [1.82, 2.24) is 0 Å². The van der Waals surface area contributed by atoms with Gasteiger partial charge in [-0.15, -0.1) is 0 Å². The molecule has 0 saturated heterocycles. The van der Waals surface area contributed by atoms with Crippen LogP contribution >= 0.6 is 0 Å². The van der Waals surface area contributed by atoms with Crippen molar-refractivity contribution in [2.75, 3.05) is 0 Å². The molecule has 0 aliphatic rings. The highest BCUT2D eigenvalue weighted by Gasteiger charge is 2.15. The van der Waals surface area contributed by atoms with Crippen LogP contribution in [0.5, 0.6) is 0 Å². The fourth-order valence-electron chi connectivity index (χ4n) is 1.36. The van der Waals surface area contributed by atoms with E-state index in [0.29, 0.717) is 0 Å². The third-order valence-electron chi connectivity index (χ3n) is 2.13. The molecule has 1 aromatic carbocycles. The smallest absolute Gasteiger partial charge is 0.211 e. The van der Waals surface area contributed by atoms with Crippen LogP contribution in [0.4, 0.5) is 22.7 Å². The topological polar surface area (TPSA) is 118 Å². The third kappa shape index (κ3) is 2.90. The van der Waals surface area contributed by atoms with Gasteiger partial charge in [0.1, 0.15) is 17.1 Å². The molecule has 0 atom stereocenters. The lowest BCUT2D eigenvalue weighted by atomic mass is 10.1. The Morgan fingerprint density at radius 1 is 0.737 bits per heavy atom. The van der Waals surface area contributed by atoms with Gasteiger partial charge in [0, 0.05) is 5.56 Å². The summed E-state index contributed by atoms with van der Waals surface area (Å²) in [7, 11) is 0. The van der Waals surface area contributed by atoms with E-state index in [1.54, 1.807) is 0 Å². The first-order valence-corrected chi connectivity index (χ1v) is 4.68. The molecule has 0 saturated carbocycles. The monoisotopic (exact) mass is 256 g/mol. The van der Waals surface area contributed by atoms with Crippen molar-refractivity contribution in [1.29, 1.82) is 0 Å². The van der Waals surface area contributed by atoms with E-state index >= 15 is 0 Å². The molecule has 0 bridgehead atoms. The Kier molecular flexibility index (Phi) is 4.70. The van der Waals surface area contributed by atoms with E-state index in [1.807, 2.05) is 0 Å². The van der Waals surface area contributed by atoms with E-state index in [2.05, 4.69) is 20.0 Å². The number of nitrogens with zero attached hydrogens (tertiary/aromatic N) is 4. The predicted molar refractivity (Wildman–Crippen MR) is 62.3 cm³/mol. The van der Waals surface area contributed by atoms with Gasteiger partial charge in [-0.05, 0) is 13.0 Å². The van der Waals surface area contributed by atoms with Gasteiger partial charge in [0.05, 0.1) is 5.69 Å². The summed E-state index contributed by atoms with van der Waals surface area (Å²) in [5, 5.41) is 0. The molecule has 1 aromatic rings. The summed E-state index contributed by atoms with van der Waals surface area (Å²) in [6, 6.07) is 1.20. The summed E-state index contributed by atoms with van der Waals surface area (Å²) in [5.74, 6) is 0. The van der Waals surface area contributed by atoms with Crippen LogP contribution < -0.4 is 0 Å². The zero-order chi connectivity index (χ0) is 14.3. The Balaban J connectivity index is 3.91. The summed E-state index contributed by atoms with van der Waals surface area (Å²) in [4.78, 5) is 54.6. The van der Waals surface area contributed by atoms with Crippen LogP contribution in [0.2, 0.25) is 0 Å². The molecular formula is C11H4N4O4. The van der Waals surface area contributed by atoms with E-state index in [1.165, 1.54) is 37.3 Å². The van der Waals surface area contributed by atoms with Crippen molar-refractivity contribution in [3.63, 3.8) is 0 Å². The van der Waals surface area contributed by atoms with Gasteiger partial charge >= 0.3 is 0 Å². The van der Waals surface area contributed by atoms with Crippen molar-refractivity contribution in [3.8, 4) is 0 Å². The second-order valence-corrected chi connectivity index (χ2v) is 3.05. The number of hydrogen-bond donors (Lipinski definition) is 0. The first-order chi connectivity index (χ1) is 9.19. The normalized spacial score (nSPS) is 8.26. The molecule has 0 aromatic heterocycles. The first kappa shape index (κ1) is 13.8. The standard InChI is InChI=1S/C11H4N4O4/c1-7-8(12-3-16)2-9(13-4-17)11(15-6-19)10(7)14-5-18/h2H,1H3. The van der Waals surface area contributed by atoms with Crippen LogP contribution in [0.3, 0.4) is 0 Å². The van der Waals surface area contributed by atoms with Crippen LogP contribution in [-0.4, -0.2) is 24.3 Å². The lowest BCUT2D eigenvalue weighted by Crippen LogP contribution is -1.80. The molecule has 0 unspecified atom stereocenters. The second-order valence-electron chi connectivity index (χ2n) is 3.05. The zero-order valence-electron chi connectivity index (χ0n) is 9.50. The van der Waals surface area contributed by atoms with Crippen LogP contribution in [0.15, 0.2) is 26.0 Å². The lowest BCUT2D eigenvalue weighted by molar-refractivity contribution is 0.564. The Morgan fingerprint density at radius 2 is 1.21 bits per heavy atom. The van der Waals surface area contributed by atoms with Crippen LogP contribution in [0, 0.1) is 6.92 Å². The number of isocyanates is 4. The lowest BCUT2D eigenvalue weighted by Gasteiger charge is -2.06. The molecule has 8 heteroatoms. The number of carbonyl (C=O) groups excluding carboxylic acids is 4. The number of rotatable bonds is 4. The van der Waals surface area contributed by atoms with Gasteiger partial charge in [-0.25, -0.2) is 19.2 Å². The van der Waals surface area contributed by atoms with Gasteiger partial charge in [-0.1, -0.05) is 0 Å². The number of benzene rings is 1. The summed E-state index contributed by atoms with van der Waals surface area (Å²) >= 11 is 0. The Hall–Kier alpha value is -3.26. The summed E-state index contributed by atoms with van der Waals surface area (Å²) < 4.78 is 0. The van der Waals surface area contributed by atoms with Crippen molar-refractivity contribution >= 4 is 47.1 Å². The van der Waals surface area contributed by atoms with E-state index in [9.17, 15) is 19.2 Å². The Morgan fingerprint density at radius 3 is 1.74 bits per heavy atom. The Labute approximate surface area is 105 Å². The molecule has 0 aliphatic carbocycles. The minimum Gasteiger partial charge on any atom is -0.211 e. The molecule has 0 heterocycles. The molecule has 0 fully saturated rings. The number of aliphatic imine (C=N–C) groups is 4. The molecule has 0 radical (unpaired) electrons. The number of hydrogen-bond acceptors (Lipinski definition) is 8. The van der Waals surface area contributed by atoms with E-state index in [-0.39, 0.29) is 28.3 Å². The molecular weight excluding hydrogens is 252 g/mol. The van der Waals surface area contributed by atoms with E-state index in [0.717, 1.165) is 0 Å². The fraction of sp³-hybridized carbons (Fsp3) is 0.0909. The average molecular weight is 256 g/mol. The van der Waals surface area contributed by atoms with Gasteiger partial charge in [0.15, 0.2) is 0 Å². The van der Waals surface area contributed by atoms with Gasteiger partial charge in [-0.3, -0.25) is 0 Å². The fourth-order valence-corrected chi connectivity index (χ4v) is 1.36. The van der Waals surface area contributed by atoms with Crippen LogP contribution in [0.1, 0.15) is 5.56 Å². The average Bonchev–Trinajstić information content (AvgIpc) is 2.39.